The molecule has 0 aliphatic carbocycles. The molecule has 0 amide bonds. The number of benzene rings is 1. The largest absolute Gasteiger partial charge is 0.384 e. The molecule has 0 saturated heterocycles. The Hall–Kier alpha value is -1.29. The van der Waals surface area contributed by atoms with Crippen LogP contribution in [-0.2, 0) is 6.42 Å². The highest BCUT2D eigenvalue weighted by molar-refractivity contribution is 9.10. The monoisotopic (exact) mass is 293 g/mol. The third-order valence-corrected chi connectivity index (χ3v) is 3.28. The minimum atomic E-state index is 0.268. The zero-order valence-corrected chi connectivity index (χ0v) is 11.6. The molecular weight excluding hydrogens is 278 g/mol. The Bertz CT molecular complexity index is 502. The van der Waals surface area contributed by atoms with Crippen LogP contribution >= 0.6 is 15.9 Å². The predicted molar refractivity (Wildman–Crippen MR) is 73.9 cm³/mol. The molecule has 0 radical (unpaired) electrons. The van der Waals surface area contributed by atoms with E-state index in [9.17, 15) is 0 Å². The number of nitrogens with two attached hydrogens (primary N) is 1. The standard InChI is InChI=1S/C13H16BrN3/c1-9-7-13(15)17(16-9)10(2)8-11-3-5-12(14)6-4-11/h3-7,10H,8,15H2,1-2H3. The van der Waals surface area contributed by atoms with Gasteiger partial charge in [-0.15, -0.1) is 0 Å². The van der Waals surface area contributed by atoms with Crippen molar-refractivity contribution in [2.45, 2.75) is 26.3 Å². The Labute approximate surface area is 110 Å². The van der Waals surface area contributed by atoms with Crippen LogP contribution in [-0.4, -0.2) is 9.78 Å². The fourth-order valence-electron chi connectivity index (χ4n) is 1.94. The number of hydrogen-bond acceptors (Lipinski definition) is 2. The van der Waals surface area contributed by atoms with Crippen molar-refractivity contribution in [3.63, 3.8) is 0 Å². The molecule has 2 N–H and O–H groups in total. The molecule has 2 rings (SSSR count). The lowest BCUT2D eigenvalue weighted by Gasteiger charge is -2.14. The summed E-state index contributed by atoms with van der Waals surface area (Å²) in [6.45, 7) is 4.09. The van der Waals surface area contributed by atoms with Crippen LogP contribution in [0.5, 0.6) is 0 Å². The van der Waals surface area contributed by atoms with Crippen molar-refractivity contribution < 1.29 is 0 Å². The minimum absolute atomic E-state index is 0.268. The van der Waals surface area contributed by atoms with Gasteiger partial charge in [0.05, 0.1) is 11.7 Å². The van der Waals surface area contributed by atoms with Crippen LogP contribution in [0.1, 0.15) is 24.2 Å². The second-order valence-electron chi connectivity index (χ2n) is 4.33. The number of halogens is 1. The van der Waals surface area contributed by atoms with Crippen LogP contribution in [0.2, 0.25) is 0 Å². The summed E-state index contributed by atoms with van der Waals surface area (Å²) < 4.78 is 2.99. The minimum Gasteiger partial charge on any atom is -0.384 e. The lowest BCUT2D eigenvalue weighted by atomic mass is 10.1. The van der Waals surface area contributed by atoms with Gasteiger partial charge in [-0.2, -0.15) is 5.10 Å². The first-order valence-corrected chi connectivity index (χ1v) is 6.41. The number of aromatic nitrogens is 2. The van der Waals surface area contributed by atoms with Crippen molar-refractivity contribution in [1.29, 1.82) is 0 Å². The molecule has 1 atom stereocenters. The molecule has 17 heavy (non-hydrogen) atoms. The van der Waals surface area contributed by atoms with E-state index in [0.717, 1.165) is 22.4 Å². The van der Waals surface area contributed by atoms with Gasteiger partial charge in [-0.3, -0.25) is 0 Å². The van der Waals surface area contributed by atoms with Gasteiger partial charge in [0.1, 0.15) is 5.82 Å². The second-order valence-corrected chi connectivity index (χ2v) is 5.25. The number of aryl methyl sites for hydroxylation is 1. The highest BCUT2D eigenvalue weighted by Crippen LogP contribution is 2.19. The van der Waals surface area contributed by atoms with Crippen LogP contribution in [0, 0.1) is 6.92 Å². The van der Waals surface area contributed by atoms with Gasteiger partial charge in [-0.25, -0.2) is 4.68 Å². The van der Waals surface area contributed by atoms with E-state index < -0.39 is 0 Å². The van der Waals surface area contributed by atoms with Crippen molar-refractivity contribution in [3.05, 3.63) is 46.1 Å². The molecule has 2 aromatic rings. The van der Waals surface area contributed by atoms with Crippen molar-refractivity contribution >= 4 is 21.7 Å². The molecule has 0 spiro atoms. The molecule has 0 aliphatic heterocycles. The van der Waals surface area contributed by atoms with Crippen LogP contribution in [0.25, 0.3) is 0 Å². The predicted octanol–water partition coefficient (Wildman–Crippen LogP) is 3.34. The second kappa shape index (κ2) is 4.92. The number of rotatable bonds is 3. The molecule has 1 aromatic heterocycles. The van der Waals surface area contributed by atoms with Gasteiger partial charge in [-0.05, 0) is 38.0 Å². The van der Waals surface area contributed by atoms with E-state index in [0.29, 0.717) is 0 Å². The van der Waals surface area contributed by atoms with Gasteiger partial charge in [0.15, 0.2) is 0 Å². The Morgan fingerprint density at radius 2 is 2.00 bits per heavy atom. The van der Waals surface area contributed by atoms with Gasteiger partial charge < -0.3 is 5.73 Å². The van der Waals surface area contributed by atoms with Gasteiger partial charge in [0.25, 0.3) is 0 Å². The number of hydrogen-bond donors (Lipinski definition) is 1. The Morgan fingerprint density at radius 1 is 1.35 bits per heavy atom. The molecule has 0 bridgehead atoms. The number of nitrogen functional groups attached to an aromatic ring is 1. The van der Waals surface area contributed by atoms with Crippen molar-refractivity contribution in [3.8, 4) is 0 Å². The van der Waals surface area contributed by atoms with Crippen LogP contribution in [0.4, 0.5) is 5.82 Å². The van der Waals surface area contributed by atoms with E-state index in [-0.39, 0.29) is 6.04 Å². The molecule has 0 aliphatic rings. The smallest absolute Gasteiger partial charge is 0.122 e. The number of anilines is 1. The van der Waals surface area contributed by atoms with Gasteiger partial charge in [-0.1, -0.05) is 28.1 Å². The summed E-state index contributed by atoms with van der Waals surface area (Å²) in [5, 5.41) is 4.41. The first-order chi connectivity index (χ1) is 8.06. The fourth-order valence-corrected chi connectivity index (χ4v) is 2.20. The summed E-state index contributed by atoms with van der Waals surface area (Å²) in [6.07, 6.45) is 0.929. The van der Waals surface area contributed by atoms with Crippen LogP contribution < -0.4 is 5.73 Å². The summed E-state index contributed by atoms with van der Waals surface area (Å²) >= 11 is 3.43. The van der Waals surface area contributed by atoms with Crippen molar-refractivity contribution in [1.82, 2.24) is 9.78 Å². The van der Waals surface area contributed by atoms with E-state index in [4.69, 9.17) is 5.73 Å². The lowest BCUT2D eigenvalue weighted by molar-refractivity contribution is 0.493. The molecule has 1 aromatic carbocycles. The zero-order valence-electron chi connectivity index (χ0n) is 10.0. The fraction of sp³-hybridized carbons (Fsp3) is 0.308. The highest BCUT2D eigenvalue weighted by Gasteiger charge is 2.10. The van der Waals surface area contributed by atoms with Crippen molar-refractivity contribution in [2.24, 2.45) is 0 Å². The maximum absolute atomic E-state index is 5.91. The SMILES string of the molecule is Cc1cc(N)n(C(C)Cc2ccc(Br)cc2)n1. The first kappa shape index (κ1) is 12.2. The van der Waals surface area contributed by atoms with Gasteiger partial charge in [0, 0.05) is 10.5 Å². The summed E-state index contributed by atoms with van der Waals surface area (Å²) in [5.74, 6) is 0.729. The van der Waals surface area contributed by atoms with E-state index in [1.165, 1.54) is 5.56 Å². The average Bonchev–Trinajstić information content (AvgIpc) is 2.61. The van der Waals surface area contributed by atoms with Crippen LogP contribution in [0.15, 0.2) is 34.8 Å². The van der Waals surface area contributed by atoms with Crippen LogP contribution in [0.3, 0.4) is 0 Å². The molecule has 0 saturated carbocycles. The Kier molecular flexibility index (Phi) is 3.52. The van der Waals surface area contributed by atoms with Crippen molar-refractivity contribution in [2.75, 3.05) is 5.73 Å². The normalized spacial score (nSPS) is 12.6. The lowest BCUT2D eigenvalue weighted by Crippen LogP contribution is -2.12. The molecule has 0 fully saturated rings. The number of nitrogens with zero attached hydrogens (tertiary/aromatic N) is 2. The van der Waals surface area contributed by atoms with E-state index in [1.807, 2.05) is 17.7 Å². The summed E-state index contributed by atoms with van der Waals surface area (Å²) in [6, 6.07) is 10.5. The zero-order chi connectivity index (χ0) is 12.4. The molecule has 1 unspecified atom stereocenters. The summed E-state index contributed by atoms with van der Waals surface area (Å²) in [5.41, 5.74) is 8.16. The average molecular weight is 294 g/mol. The topological polar surface area (TPSA) is 43.8 Å². The summed E-state index contributed by atoms with van der Waals surface area (Å²) in [4.78, 5) is 0. The molecule has 90 valence electrons. The Morgan fingerprint density at radius 3 is 2.53 bits per heavy atom. The third-order valence-electron chi connectivity index (χ3n) is 2.75. The molecular formula is C13H16BrN3. The Balaban J connectivity index is 2.14. The van der Waals surface area contributed by atoms with E-state index in [1.54, 1.807) is 0 Å². The van der Waals surface area contributed by atoms with E-state index >= 15 is 0 Å². The quantitative estimate of drug-likeness (QED) is 0.943. The van der Waals surface area contributed by atoms with Gasteiger partial charge >= 0.3 is 0 Å². The molecule has 3 nitrogen and oxygen atoms in total. The van der Waals surface area contributed by atoms with Gasteiger partial charge in [0.2, 0.25) is 0 Å². The third kappa shape index (κ3) is 2.88. The molecule has 4 heteroatoms. The maximum atomic E-state index is 5.91. The maximum Gasteiger partial charge on any atom is 0.122 e. The van der Waals surface area contributed by atoms with E-state index in [2.05, 4.69) is 52.2 Å². The molecule has 1 heterocycles. The summed E-state index contributed by atoms with van der Waals surface area (Å²) in [7, 11) is 0. The highest BCUT2D eigenvalue weighted by atomic mass is 79.9. The first-order valence-electron chi connectivity index (χ1n) is 5.62.